The van der Waals surface area contributed by atoms with Gasteiger partial charge in [-0.25, -0.2) is 13.6 Å². The van der Waals surface area contributed by atoms with Crippen LogP contribution >= 0.6 is 11.6 Å². The summed E-state index contributed by atoms with van der Waals surface area (Å²) in [5, 5.41) is 2.66. The third kappa shape index (κ3) is 3.50. The summed E-state index contributed by atoms with van der Waals surface area (Å²) in [6.07, 6.45) is 0. The molecule has 9 heteroatoms. The fraction of sp³-hybridized carbons (Fsp3) is 0.143. The van der Waals surface area contributed by atoms with Crippen LogP contribution in [0.2, 0.25) is 5.02 Å². The van der Waals surface area contributed by atoms with Gasteiger partial charge in [-0.3, -0.25) is 4.79 Å². The lowest BCUT2D eigenvalue weighted by Crippen LogP contribution is -2.41. The van der Waals surface area contributed by atoms with Crippen molar-refractivity contribution in [3.8, 4) is 11.3 Å². The number of halogens is 3. The molecule has 3 aromatic rings. The molecule has 0 bridgehead atoms. The average molecular weight is 431 g/mol. The summed E-state index contributed by atoms with van der Waals surface area (Å²) in [7, 11) is 0. The molecule has 0 spiro atoms. The van der Waals surface area contributed by atoms with Crippen molar-refractivity contribution < 1.29 is 18.4 Å². The van der Waals surface area contributed by atoms with Crippen LogP contribution < -0.4 is 11.1 Å². The lowest BCUT2D eigenvalue weighted by atomic mass is 10.1. The smallest absolute Gasteiger partial charge is 0.322 e. The van der Waals surface area contributed by atoms with Crippen LogP contribution in [0.3, 0.4) is 0 Å². The van der Waals surface area contributed by atoms with E-state index in [-0.39, 0.29) is 22.8 Å². The Morgan fingerprint density at radius 3 is 2.47 bits per heavy atom. The number of hydrogen-bond acceptors (Lipinski definition) is 2. The number of aromatic nitrogens is 1. The van der Waals surface area contributed by atoms with Gasteiger partial charge in [0, 0.05) is 19.2 Å². The molecular weight excluding hydrogens is 414 g/mol. The van der Waals surface area contributed by atoms with E-state index in [4.69, 9.17) is 17.3 Å². The first-order valence-electron chi connectivity index (χ1n) is 9.14. The largest absolute Gasteiger partial charge is 0.365 e. The fourth-order valence-electron chi connectivity index (χ4n) is 3.61. The van der Waals surface area contributed by atoms with Gasteiger partial charge in [0.1, 0.15) is 11.6 Å². The molecule has 0 saturated carbocycles. The minimum absolute atomic E-state index is 0.0550. The molecule has 2 heterocycles. The van der Waals surface area contributed by atoms with Crippen molar-refractivity contribution in [2.75, 3.05) is 11.9 Å². The zero-order valence-corrected chi connectivity index (χ0v) is 16.4. The molecule has 0 saturated heterocycles. The summed E-state index contributed by atoms with van der Waals surface area (Å²) < 4.78 is 28.8. The van der Waals surface area contributed by atoms with E-state index in [0.29, 0.717) is 30.5 Å². The monoisotopic (exact) mass is 430 g/mol. The number of urea groups is 1. The van der Waals surface area contributed by atoms with Gasteiger partial charge >= 0.3 is 6.03 Å². The van der Waals surface area contributed by atoms with E-state index >= 15 is 0 Å². The number of carbonyl (C=O) groups is 2. The normalized spacial score (nSPS) is 13.1. The molecule has 0 unspecified atom stereocenters. The van der Waals surface area contributed by atoms with Crippen LogP contribution in [-0.2, 0) is 13.1 Å². The number of anilines is 1. The van der Waals surface area contributed by atoms with Gasteiger partial charge < -0.3 is 20.5 Å². The first-order chi connectivity index (χ1) is 14.4. The van der Waals surface area contributed by atoms with Gasteiger partial charge in [-0.2, -0.15) is 0 Å². The summed E-state index contributed by atoms with van der Waals surface area (Å²) in [6.45, 7) is 0.718. The van der Waals surface area contributed by atoms with Gasteiger partial charge in [0.15, 0.2) is 0 Å². The number of primary amides is 1. The standard InChI is InChI=1S/C21H17ClF2N4O2/c22-18-17(20(25)29)16-11-27(21(30)26-15-7-6-13(23)10-14(15)24)8-9-28(16)19(18)12-4-2-1-3-5-12/h1-7,10H,8-9,11H2,(H2,25,29)(H,26,30). The Labute approximate surface area is 175 Å². The number of amides is 3. The lowest BCUT2D eigenvalue weighted by molar-refractivity contribution is 0.0997. The van der Waals surface area contributed by atoms with Gasteiger partial charge in [-0.1, -0.05) is 41.9 Å². The van der Waals surface area contributed by atoms with Crippen LogP contribution in [0.15, 0.2) is 48.5 Å². The zero-order valence-electron chi connectivity index (χ0n) is 15.7. The van der Waals surface area contributed by atoms with Crippen LogP contribution in [-0.4, -0.2) is 28.0 Å². The minimum Gasteiger partial charge on any atom is -0.365 e. The van der Waals surface area contributed by atoms with Crippen molar-refractivity contribution in [1.29, 1.82) is 0 Å². The first kappa shape index (κ1) is 19.9. The van der Waals surface area contributed by atoms with Gasteiger partial charge in [0.2, 0.25) is 0 Å². The molecule has 0 fully saturated rings. The van der Waals surface area contributed by atoms with Crippen LogP contribution in [0.4, 0.5) is 19.3 Å². The number of nitrogens with two attached hydrogens (primary N) is 1. The second kappa shape index (κ2) is 7.79. The Morgan fingerprint density at radius 2 is 1.80 bits per heavy atom. The molecule has 4 rings (SSSR count). The Balaban J connectivity index is 1.66. The average Bonchev–Trinajstić information content (AvgIpc) is 3.01. The van der Waals surface area contributed by atoms with Crippen molar-refractivity contribution in [3.05, 3.63) is 76.4 Å². The summed E-state index contributed by atoms with van der Waals surface area (Å²) in [6, 6.07) is 11.6. The van der Waals surface area contributed by atoms with Gasteiger partial charge in [-0.05, 0) is 17.7 Å². The van der Waals surface area contributed by atoms with E-state index in [1.807, 2.05) is 34.9 Å². The topological polar surface area (TPSA) is 80.4 Å². The third-order valence-electron chi connectivity index (χ3n) is 5.00. The van der Waals surface area contributed by atoms with E-state index in [1.165, 1.54) is 4.90 Å². The van der Waals surface area contributed by atoms with E-state index in [9.17, 15) is 18.4 Å². The van der Waals surface area contributed by atoms with Crippen LogP contribution in [0.25, 0.3) is 11.3 Å². The predicted molar refractivity (Wildman–Crippen MR) is 109 cm³/mol. The number of nitrogens with zero attached hydrogens (tertiary/aromatic N) is 2. The van der Waals surface area contributed by atoms with Crippen molar-refractivity contribution in [3.63, 3.8) is 0 Å². The number of rotatable bonds is 3. The zero-order chi connectivity index (χ0) is 21.4. The van der Waals surface area contributed by atoms with E-state index in [2.05, 4.69) is 5.32 Å². The third-order valence-corrected chi connectivity index (χ3v) is 5.37. The molecule has 2 aromatic carbocycles. The van der Waals surface area contributed by atoms with Crippen LogP contribution in [0.5, 0.6) is 0 Å². The SMILES string of the molecule is NC(=O)c1c(Cl)c(-c2ccccc2)n2c1CN(C(=O)Nc1ccc(F)cc1F)CC2. The van der Waals surface area contributed by atoms with Crippen molar-refractivity contribution >= 4 is 29.2 Å². The number of benzene rings is 2. The molecule has 3 amide bonds. The molecule has 154 valence electrons. The second-order valence-electron chi connectivity index (χ2n) is 6.84. The molecule has 6 nitrogen and oxygen atoms in total. The predicted octanol–water partition coefficient (Wildman–Crippen LogP) is 4.23. The highest BCUT2D eigenvalue weighted by molar-refractivity contribution is 6.36. The number of hydrogen-bond donors (Lipinski definition) is 2. The van der Waals surface area contributed by atoms with E-state index in [1.54, 1.807) is 0 Å². The summed E-state index contributed by atoms with van der Waals surface area (Å²) >= 11 is 6.52. The lowest BCUT2D eigenvalue weighted by Gasteiger charge is -2.30. The van der Waals surface area contributed by atoms with E-state index < -0.39 is 23.6 Å². The van der Waals surface area contributed by atoms with Crippen LogP contribution in [0.1, 0.15) is 16.1 Å². The van der Waals surface area contributed by atoms with Gasteiger partial charge in [0.25, 0.3) is 5.91 Å². The highest BCUT2D eigenvalue weighted by atomic mass is 35.5. The second-order valence-corrected chi connectivity index (χ2v) is 7.22. The number of fused-ring (bicyclic) bond motifs is 1. The highest BCUT2D eigenvalue weighted by Gasteiger charge is 2.31. The van der Waals surface area contributed by atoms with E-state index in [0.717, 1.165) is 17.7 Å². The summed E-state index contributed by atoms with van der Waals surface area (Å²) in [4.78, 5) is 26.2. The molecular formula is C21H17ClF2N4O2. The number of carbonyl (C=O) groups excluding carboxylic acids is 2. The molecule has 1 aromatic heterocycles. The first-order valence-corrected chi connectivity index (χ1v) is 9.51. The molecule has 0 aliphatic carbocycles. The molecule has 0 atom stereocenters. The molecule has 3 N–H and O–H groups in total. The fourth-order valence-corrected chi connectivity index (χ4v) is 4.03. The molecule has 30 heavy (non-hydrogen) atoms. The maximum Gasteiger partial charge on any atom is 0.322 e. The minimum atomic E-state index is -0.879. The van der Waals surface area contributed by atoms with Crippen LogP contribution in [0, 0.1) is 11.6 Å². The Bertz CT molecular complexity index is 1150. The van der Waals surface area contributed by atoms with Gasteiger partial charge in [-0.15, -0.1) is 0 Å². The Morgan fingerprint density at radius 1 is 1.07 bits per heavy atom. The number of nitrogens with one attached hydrogen (secondary N) is 1. The maximum absolute atomic E-state index is 13.9. The molecule has 0 radical (unpaired) electrons. The Kier molecular flexibility index (Phi) is 5.17. The summed E-state index contributed by atoms with van der Waals surface area (Å²) in [5.41, 5.74) is 7.57. The van der Waals surface area contributed by atoms with Crippen molar-refractivity contribution in [1.82, 2.24) is 9.47 Å². The maximum atomic E-state index is 13.9. The molecule has 1 aliphatic rings. The molecule has 1 aliphatic heterocycles. The Hall–Kier alpha value is -3.39. The van der Waals surface area contributed by atoms with Crippen molar-refractivity contribution in [2.45, 2.75) is 13.1 Å². The quantitative estimate of drug-likeness (QED) is 0.652. The van der Waals surface area contributed by atoms with Gasteiger partial charge in [0.05, 0.1) is 34.2 Å². The highest BCUT2D eigenvalue weighted by Crippen LogP contribution is 2.37. The van der Waals surface area contributed by atoms with Crippen molar-refractivity contribution in [2.24, 2.45) is 5.73 Å². The summed E-state index contributed by atoms with van der Waals surface area (Å²) in [5.74, 6) is -2.32.